The number of nitrogens with zero attached hydrogens (tertiary/aromatic N) is 2. The summed E-state index contributed by atoms with van der Waals surface area (Å²) < 4.78 is 41.3. The summed E-state index contributed by atoms with van der Waals surface area (Å²) in [6.45, 7) is 5.62. The number of ether oxygens (including phenoxy) is 1. The first-order chi connectivity index (χ1) is 13.3. The fraction of sp³-hybridized carbons (Fsp3) is 0.368. The molecule has 0 unspecified atom stereocenters. The largest absolute Gasteiger partial charge is 0.492 e. The second-order valence-electron chi connectivity index (χ2n) is 6.72. The molecule has 0 aromatic heterocycles. The Bertz CT molecular complexity index is 901. The average molecular weight is 428 g/mol. The monoisotopic (exact) mass is 427 g/mol. The first kappa shape index (κ1) is 21.0. The van der Waals surface area contributed by atoms with E-state index in [1.807, 2.05) is 0 Å². The second-order valence-corrected chi connectivity index (χ2v) is 8.69. The van der Waals surface area contributed by atoms with Gasteiger partial charge in [-0.05, 0) is 42.0 Å². The molecule has 0 aliphatic carbocycles. The van der Waals surface area contributed by atoms with Crippen LogP contribution in [0.15, 0.2) is 47.4 Å². The SMILES string of the molecule is NS(=O)(=O)c1ccc(OCCN2CCN(Cc3ccc(F)cc3Cl)CC2)cc1. The maximum Gasteiger partial charge on any atom is 0.238 e. The van der Waals surface area contributed by atoms with Gasteiger partial charge in [0.2, 0.25) is 10.0 Å². The number of hydrogen-bond donors (Lipinski definition) is 1. The minimum absolute atomic E-state index is 0.0669. The molecule has 2 aromatic rings. The van der Waals surface area contributed by atoms with E-state index in [4.69, 9.17) is 21.5 Å². The van der Waals surface area contributed by atoms with Crippen molar-refractivity contribution in [2.24, 2.45) is 5.14 Å². The molecule has 0 bridgehead atoms. The zero-order chi connectivity index (χ0) is 20.1. The molecule has 0 saturated carbocycles. The molecule has 0 amide bonds. The van der Waals surface area contributed by atoms with Crippen molar-refractivity contribution in [3.05, 3.63) is 58.9 Å². The third-order valence-electron chi connectivity index (χ3n) is 4.70. The molecule has 2 aromatic carbocycles. The van der Waals surface area contributed by atoms with Gasteiger partial charge in [0.1, 0.15) is 18.2 Å². The fourth-order valence-corrected chi connectivity index (χ4v) is 3.82. The number of sulfonamides is 1. The van der Waals surface area contributed by atoms with Crippen LogP contribution in [0.5, 0.6) is 5.75 Å². The molecule has 9 heteroatoms. The highest BCUT2D eigenvalue weighted by molar-refractivity contribution is 7.89. The molecular formula is C19H23ClFN3O3S. The first-order valence-corrected chi connectivity index (χ1v) is 10.9. The molecule has 3 rings (SSSR count). The van der Waals surface area contributed by atoms with E-state index < -0.39 is 10.0 Å². The van der Waals surface area contributed by atoms with Gasteiger partial charge in [-0.2, -0.15) is 0 Å². The van der Waals surface area contributed by atoms with Gasteiger partial charge in [0.15, 0.2) is 0 Å². The molecule has 1 aliphatic rings. The summed E-state index contributed by atoms with van der Waals surface area (Å²) in [5.41, 5.74) is 0.933. The van der Waals surface area contributed by atoms with Crippen LogP contribution in [0.1, 0.15) is 5.56 Å². The third-order valence-corrected chi connectivity index (χ3v) is 5.98. The lowest BCUT2D eigenvalue weighted by Gasteiger charge is -2.34. The van der Waals surface area contributed by atoms with Crippen LogP contribution >= 0.6 is 11.6 Å². The standard InChI is InChI=1S/C19H23ClFN3O3S/c20-19-13-16(21)2-1-15(19)14-24-9-7-23(8-10-24)11-12-27-17-3-5-18(6-4-17)28(22,25)26/h1-6,13H,7-12,14H2,(H2,22,25,26). The van der Waals surface area contributed by atoms with Crippen molar-refractivity contribution in [3.8, 4) is 5.75 Å². The highest BCUT2D eigenvalue weighted by atomic mass is 35.5. The van der Waals surface area contributed by atoms with E-state index >= 15 is 0 Å². The Labute approximate surface area is 169 Å². The minimum atomic E-state index is -3.69. The molecule has 1 heterocycles. The van der Waals surface area contributed by atoms with Crippen molar-refractivity contribution < 1.29 is 17.5 Å². The Kier molecular flexibility index (Phi) is 6.90. The van der Waals surface area contributed by atoms with Gasteiger partial charge in [-0.1, -0.05) is 17.7 Å². The zero-order valence-electron chi connectivity index (χ0n) is 15.4. The quantitative estimate of drug-likeness (QED) is 0.733. The van der Waals surface area contributed by atoms with Crippen molar-refractivity contribution >= 4 is 21.6 Å². The Morgan fingerprint density at radius 1 is 1.04 bits per heavy atom. The second kappa shape index (κ2) is 9.19. The lowest BCUT2D eigenvalue weighted by molar-refractivity contribution is 0.112. The van der Waals surface area contributed by atoms with Gasteiger partial charge in [0, 0.05) is 44.3 Å². The van der Waals surface area contributed by atoms with Crippen LogP contribution in [0, 0.1) is 5.82 Å². The molecule has 0 atom stereocenters. The smallest absolute Gasteiger partial charge is 0.238 e. The van der Waals surface area contributed by atoms with Gasteiger partial charge in [-0.15, -0.1) is 0 Å². The minimum Gasteiger partial charge on any atom is -0.492 e. The lowest BCUT2D eigenvalue weighted by Crippen LogP contribution is -2.47. The highest BCUT2D eigenvalue weighted by Crippen LogP contribution is 2.20. The van der Waals surface area contributed by atoms with E-state index in [0.717, 1.165) is 38.3 Å². The van der Waals surface area contributed by atoms with Crippen LogP contribution in [0.4, 0.5) is 4.39 Å². The summed E-state index contributed by atoms with van der Waals surface area (Å²) in [5.74, 6) is 0.287. The molecule has 152 valence electrons. The summed E-state index contributed by atoms with van der Waals surface area (Å²) in [6, 6.07) is 10.6. The van der Waals surface area contributed by atoms with Gasteiger partial charge < -0.3 is 4.74 Å². The first-order valence-electron chi connectivity index (χ1n) is 8.95. The van der Waals surface area contributed by atoms with Crippen LogP contribution in [-0.4, -0.2) is 57.5 Å². The normalized spacial score (nSPS) is 16.2. The van der Waals surface area contributed by atoms with Crippen LogP contribution in [0.3, 0.4) is 0 Å². The van der Waals surface area contributed by atoms with E-state index in [1.165, 1.54) is 24.3 Å². The van der Waals surface area contributed by atoms with Crippen LogP contribution in [-0.2, 0) is 16.6 Å². The summed E-state index contributed by atoms with van der Waals surface area (Å²) in [4.78, 5) is 4.67. The zero-order valence-corrected chi connectivity index (χ0v) is 16.9. The summed E-state index contributed by atoms with van der Waals surface area (Å²) in [5, 5.41) is 5.54. The summed E-state index contributed by atoms with van der Waals surface area (Å²) in [6.07, 6.45) is 0. The number of hydrogen-bond acceptors (Lipinski definition) is 5. The van der Waals surface area contributed by atoms with Crippen LogP contribution < -0.4 is 9.88 Å². The maximum absolute atomic E-state index is 13.1. The Morgan fingerprint density at radius 2 is 1.68 bits per heavy atom. The third kappa shape index (κ3) is 5.89. The van der Waals surface area contributed by atoms with Crippen molar-refractivity contribution in [1.29, 1.82) is 0 Å². The van der Waals surface area contributed by atoms with E-state index in [1.54, 1.807) is 18.2 Å². The topological polar surface area (TPSA) is 75.9 Å². The molecule has 28 heavy (non-hydrogen) atoms. The Balaban J connectivity index is 1.40. The highest BCUT2D eigenvalue weighted by Gasteiger charge is 2.18. The number of benzene rings is 2. The van der Waals surface area contributed by atoms with Gasteiger partial charge in [0.25, 0.3) is 0 Å². The van der Waals surface area contributed by atoms with E-state index in [2.05, 4.69) is 9.80 Å². The van der Waals surface area contributed by atoms with Crippen molar-refractivity contribution in [2.75, 3.05) is 39.3 Å². The predicted octanol–water partition coefficient (Wildman–Crippen LogP) is 2.32. The summed E-state index contributed by atoms with van der Waals surface area (Å²) >= 11 is 6.10. The number of piperazine rings is 1. The van der Waals surface area contributed by atoms with Crippen molar-refractivity contribution in [1.82, 2.24) is 9.80 Å². The fourth-order valence-electron chi connectivity index (χ4n) is 3.08. The van der Waals surface area contributed by atoms with E-state index in [-0.39, 0.29) is 10.7 Å². The molecular weight excluding hydrogens is 405 g/mol. The van der Waals surface area contributed by atoms with Gasteiger partial charge in [-0.3, -0.25) is 9.80 Å². The average Bonchev–Trinajstić information content (AvgIpc) is 2.65. The molecule has 1 aliphatic heterocycles. The molecule has 0 radical (unpaired) electrons. The van der Waals surface area contributed by atoms with E-state index in [9.17, 15) is 12.8 Å². The molecule has 6 nitrogen and oxygen atoms in total. The van der Waals surface area contributed by atoms with Crippen LogP contribution in [0.25, 0.3) is 0 Å². The Hall–Kier alpha value is -1.71. The number of rotatable bonds is 7. The maximum atomic E-state index is 13.1. The molecule has 2 N–H and O–H groups in total. The number of primary sulfonamides is 1. The van der Waals surface area contributed by atoms with Gasteiger partial charge in [-0.25, -0.2) is 17.9 Å². The molecule has 1 fully saturated rings. The van der Waals surface area contributed by atoms with Gasteiger partial charge in [0.05, 0.1) is 4.90 Å². The predicted molar refractivity (Wildman–Crippen MR) is 106 cm³/mol. The van der Waals surface area contributed by atoms with Crippen molar-refractivity contribution in [3.63, 3.8) is 0 Å². The van der Waals surface area contributed by atoms with Crippen LogP contribution in [0.2, 0.25) is 5.02 Å². The number of halogens is 2. The van der Waals surface area contributed by atoms with Crippen molar-refractivity contribution in [2.45, 2.75) is 11.4 Å². The van der Waals surface area contributed by atoms with Gasteiger partial charge >= 0.3 is 0 Å². The van der Waals surface area contributed by atoms with E-state index in [0.29, 0.717) is 23.9 Å². The summed E-state index contributed by atoms with van der Waals surface area (Å²) in [7, 11) is -3.69. The lowest BCUT2D eigenvalue weighted by atomic mass is 10.2. The molecule has 0 spiro atoms. The number of nitrogens with two attached hydrogens (primary N) is 1. The Morgan fingerprint density at radius 3 is 2.29 bits per heavy atom. The molecule has 1 saturated heterocycles.